The average Bonchev–Trinajstić information content (AvgIpc) is 2.73. The van der Waals surface area contributed by atoms with Crippen LogP contribution in [0.5, 0.6) is 0 Å². The lowest BCUT2D eigenvalue weighted by Crippen LogP contribution is -2.40. The molecule has 0 saturated carbocycles. The number of nitrogens with one attached hydrogen (secondary N) is 2. The molecule has 12 nitrogen and oxygen atoms in total. The van der Waals surface area contributed by atoms with Gasteiger partial charge in [-0.1, -0.05) is 30.3 Å². The molecular formula is C19H25N7O5S. The van der Waals surface area contributed by atoms with Crippen LogP contribution in [0, 0.1) is 0 Å². The van der Waals surface area contributed by atoms with E-state index < -0.39 is 34.1 Å². The molecule has 13 heteroatoms. The van der Waals surface area contributed by atoms with Crippen LogP contribution in [0.25, 0.3) is 0 Å². The van der Waals surface area contributed by atoms with Crippen molar-refractivity contribution in [1.29, 1.82) is 0 Å². The zero-order valence-electron chi connectivity index (χ0n) is 17.2. The van der Waals surface area contributed by atoms with Gasteiger partial charge in [0, 0.05) is 6.54 Å². The number of guanidine groups is 1. The fourth-order valence-corrected chi connectivity index (χ4v) is 3.91. The third-order valence-electron chi connectivity index (χ3n) is 4.16. The van der Waals surface area contributed by atoms with Crippen molar-refractivity contribution in [1.82, 2.24) is 14.9 Å². The summed E-state index contributed by atoms with van der Waals surface area (Å²) in [6, 6.07) is 7.67. The Morgan fingerprint density at radius 1 is 1.25 bits per heavy atom. The van der Waals surface area contributed by atoms with Crippen molar-refractivity contribution < 1.29 is 18.0 Å². The Balaban J connectivity index is 2.00. The van der Waals surface area contributed by atoms with Crippen LogP contribution < -0.4 is 27.1 Å². The molecule has 2 rings (SSSR count). The maximum absolute atomic E-state index is 12.6. The molecule has 0 aliphatic heterocycles. The number of anilines is 1. The van der Waals surface area contributed by atoms with Crippen LogP contribution in [0.15, 0.2) is 52.6 Å². The molecular weight excluding hydrogens is 438 g/mol. The SMILES string of the molecule is NC(N)=NCCCC(C=O)NC(=O)Cn1cncc(NS(=O)(=O)Cc2ccccc2)c1=O. The van der Waals surface area contributed by atoms with Gasteiger partial charge in [0.05, 0.1) is 24.3 Å². The van der Waals surface area contributed by atoms with Crippen LogP contribution in [-0.4, -0.2) is 48.7 Å². The van der Waals surface area contributed by atoms with Crippen molar-refractivity contribution in [2.45, 2.75) is 31.2 Å². The fraction of sp³-hybridized carbons (Fsp3) is 0.316. The van der Waals surface area contributed by atoms with Crippen molar-refractivity contribution in [2.75, 3.05) is 11.3 Å². The van der Waals surface area contributed by atoms with Gasteiger partial charge in [0.15, 0.2) is 5.96 Å². The summed E-state index contributed by atoms with van der Waals surface area (Å²) in [4.78, 5) is 43.6. The van der Waals surface area contributed by atoms with Crippen molar-refractivity contribution in [3.05, 3.63) is 58.8 Å². The Bertz CT molecular complexity index is 1110. The summed E-state index contributed by atoms with van der Waals surface area (Å²) in [6.07, 6.45) is 3.51. The van der Waals surface area contributed by atoms with E-state index in [1.54, 1.807) is 30.3 Å². The monoisotopic (exact) mass is 463 g/mol. The van der Waals surface area contributed by atoms with Gasteiger partial charge in [-0.25, -0.2) is 13.4 Å². The predicted molar refractivity (Wildman–Crippen MR) is 119 cm³/mol. The zero-order valence-corrected chi connectivity index (χ0v) is 18.0. The quantitative estimate of drug-likeness (QED) is 0.132. The molecule has 1 aromatic heterocycles. The summed E-state index contributed by atoms with van der Waals surface area (Å²) >= 11 is 0. The zero-order chi connectivity index (χ0) is 23.6. The Kier molecular flexibility index (Phi) is 8.89. The van der Waals surface area contributed by atoms with Gasteiger partial charge in [0.25, 0.3) is 5.56 Å². The Morgan fingerprint density at radius 2 is 1.97 bits per heavy atom. The lowest BCUT2D eigenvalue weighted by atomic mass is 10.2. The number of sulfonamides is 1. The first-order chi connectivity index (χ1) is 15.2. The topological polar surface area (TPSA) is 192 Å². The Hall–Kier alpha value is -3.74. The van der Waals surface area contributed by atoms with Crippen molar-refractivity contribution >= 4 is 33.9 Å². The van der Waals surface area contributed by atoms with Crippen LogP contribution in [0.1, 0.15) is 18.4 Å². The van der Waals surface area contributed by atoms with Gasteiger partial charge in [0.1, 0.15) is 18.5 Å². The molecule has 1 aromatic carbocycles. The summed E-state index contributed by atoms with van der Waals surface area (Å²) in [5.74, 6) is -1.01. The number of hydrogen-bond acceptors (Lipinski definition) is 7. The first-order valence-corrected chi connectivity index (χ1v) is 11.2. The molecule has 0 spiro atoms. The number of benzene rings is 1. The van der Waals surface area contributed by atoms with Crippen LogP contribution >= 0.6 is 0 Å². The van der Waals surface area contributed by atoms with Crippen LogP contribution in [0.4, 0.5) is 5.69 Å². The number of aldehydes is 1. The van der Waals surface area contributed by atoms with E-state index >= 15 is 0 Å². The Labute approximate surface area is 184 Å². The first kappa shape index (κ1) is 24.5. The van der Waals surface area contributed by atoms with Crippen LogP contribution in [0.3, 0.4) is 0 Å². The molecule has 1 unspecified atom stereocenters. The van der Waals surface area contributed by atoms with Gasteiger partial charge in [-0.2, -0.15) is 0 Å². The molecule has 1 amide bonds. The standard InChI is InChI=1S/C19H25N7O5S/c20-19(21)23-8-4-7-15(11-27)24-17(28)10-26-13-22-9-16(18(26)29)25-32(30,31)12-14-5-2-1-3-6-14/h1-3,5-6,9,11,13,15,25H,4,7-8,10,12H2,(H,24,28)(H4,20,21,23). The van der Waals surface area contributed by atoms with E-state index in [0.717, 1.165) is 17.1 Å². The maximum atomic E-state index is 12.6. The van der Waals surface area contributed by atoms with E-state index in [1.165, 1.54) is 0 Å². The highest BCUT2D eigenvalue weighted by Gasteiger charge is 2.17. The van der Waals surface area contributed by atoms with Gasteiger partial charge < -0.3 is 21.6 Å². The second-order valence-electron chi connectivity index (χ2n) is 6.85. The summed E-state index contributed by atoms with van der Waals surface area (Å²) < 4.78 is 27.9. The van der Waals surface area contributed by atoms with Gasteiger partial charge >= 0.3 is 0 Å². The lowest BCUT2D eigenvalue weighted by molar-refractivity contribution is -0.124. The van der Waals surface area contributed by atoms with E-state index in [9.17, 15) is 22.8 Å². The number of aliphatic imine (C=N–C) groups is 1. The summed E-state index contributed by atoms with van der Waals surface area (Å²) in [5.41, 5.74) is 9.94. The number of hydrogen-bond donors (Lipinski definition) is 4. The highest BCUT2D eigenvalue weighted by molar-refractivity contribution is 7.91. The van der Waals surface area contributed by atoms with E-state index in [1.807, 2.05) is 0 Å². The minimum atomic E-state index is -3.88. The van der Waals surface area contributed by atoms with Crippen molar-refractivity contribution in [3.8, 4) is 0 Å². The smallest absolute Gasteiger partial charge is 0.278 e. The fourth-order valence-electron chi connectivity index (χ4n) is 2.73. The van der Waals surface area contributed by atoms with Gasteiger partial charge in [-0.05, 0) is 18.4 Å². The van der Waals surface area contributed by atoms with Crippen molar-refractivity contribution in [3.63, 3.8) is 0 Å². The summed E-state index contributed by atoms with van der Waals surface area (Å²) in [6.45, 7) is -0.143. The minimum absolute atomic E-state index is 0.0668. The minimum Gasteiger partial charge on any atom is -0.370 e. The average molecular weight is 464 g/mol. The number of carbonyl (C=O) groups is 2. The lowest BCUT2D eigenvalue weighted by Gasteiger charge is -2.13. The third kappa shape index (κ3) is 8.18. The molecule has 1 heterocycles. The second-order valence-corrected chi connectivity index (χ2v) is 8.57. The normalized spacial score (nSPS) is 11.9. The van der Waals surface area contributed by atoms with Crippen LogP contribution in [-0.2, 0) is 31.9 Å². The number of nitrogens with two attached hydrogens (primary N) is 2. The van der Waals surface area contributed by atoms with E-state index in [0.29, 0.717) is 31.2 Å². The van der Waals surface area contributed by atoms with Gasteiger partial charge in [-0.3, -0.25) is 23.9 Å². The molecule has 0 bridgehead atoms. The molecule has 32 heavy (non-hydrogen) atoms. The van der Waals surface area contributed by atoms with Gasteiger partial charge in [-0.15, -0.1) is 0 Å². The number of amides is 1. The third-order valence-corrected chi connectivity index (χ3v) is 5.40. The predicted octanol–water partition coefficient (Wildman–Crippen LogP) is -1.08. The molecule has 6 N–H and O–H groups in total. The molecule has 0 radical (unpaired) electrons. The molecule has 1 atom stereocenters. The molecule has 0 aliphatic rings. The van der Waals surface area contributed by atoms with E-state index in [2.05, 4.69) is 20.0 Å². The molecule has 0 fully saturated rings. The molecule has 0 aliphatic carbocycles. The number of aromatic nitrogens is 2. The molecule has 172 valence electrons. The number of rotatable bonds is 12. The number of carbonyl (C=O) groups excluding carboxylic acids is 2. The van der Waals surface area contributed by atoms with E-state index in [-0.39, 0.29) is 17.4 Å². The van der Waals surface area contributed by atoms with E-state index in [4.69, 9.17) is 11.5 Å². The molecule has 2 aromatic rings. The molecule has 0 saturated heterocycles. The summed E-state index contributed by atoms with van der Waals surface area (Å²) in [5, 5.41) is 2.49. The second kappa shape index (κ2) is 11.6. The highest BCUT2D eigenvalue weighted by atomic mass is 32.2. The number of nitrogens with zero attached hydrogens (tertiary/aromatic N) is 3. The first-order valence-electron chi connectivity index (χ1n) is 9.59. The van der Waals surface area contributed by atoms with Crippen molar-refractivity contribution in [2.24, 2.45) is 16.5 Å². The van der Waals surface area contributed by atoms with Gasteiger partial charge in [0.2, 0.25) is 15.9 Å². The largest absolute Gasteiger partial charge is 0.370 e. The Morgan fingerprint density at radius 3 is 2.62 bits per heavy atom. The maximum Gasteiger partial charge on any atom is 0.278 e. The highest BCUT2D eigenvalue weighted by Crippen LogP contribution is 2.08. The van der Waals surface area contributed by atoms with Crippen LogP contribution in [0.2, 0.25) is 0 Å². The summed E-state index contributed by atoms with van der Waals surface area (Å²) in [7, 11) is -3.88.